The van der Waals surface area contributed by atoms with Crippen LogP contribution in [0.3, 0.4) is 0 Å². The van der Waals surface area contributed by atoms with E-state index in [-0.39, 0.29) is 12.1 Å². The van der Waals surface area contributed by atoms with Crippen molar-refractivity contribution >= 4 is 11.6 Å². The second-order valence-electron chi connectivity index (χ2n) is 4.84. The molecule has 0 heterocycles. The van der Waals surface area contributed by atoms with Gasteiger partial charge in [0.05, 0.1) is 7.11 Å². The van der Waals surface area contributed by atoms with Crippen molar-refractivity contribution in [3.63, 3.8) is 0 Å². The molecule has 2 atom stereocenters. The first-order valence-electron chi connectivity index (χ1n) is 6.95. The molecular formula is C17H20ClNO2. The van der Waals surface area contributed by atoms with Gasteiger partial charge >= 0.3 is 0 Å². The zero-order valence-electron chi connectivity index (χ0n) is 12.3. The molecule has 0 saturated heterocycles. The largest absolute Gasteiger partial charge is 0.497 e. The Hall–Kier alpha value is -1.71. The lowest BCUT2D eigenvalue weighted by atomic mass is 10.0. The van der Waals surface area contributed by atoms with E-state index in [1.807, 2.05) is 55.5 Å². The van der Waals surface area contributed by atoms with E-state index >= 15 is 0 Å². The van der Waals surface area contributed by atoms with Crippen molar-refractivity contribution in [2.24, 2.45) is 5.73 Å². The number of methoxy groups -OCH3 is 1. The van der Waals surface area contributed by atoms with Gasteiger partial charge in [0.15, 0.2) is 0 Å². The van der Waals surface area contributed by atoms with Crippen LogP contribution >= 0.6 is 11.6 Å². The molecule has 0 amide bonds. The van der Waals surface area contributed by atoms with Gasteiger partial charge in [-0.2, -0.15) is 0 Å². The number of benzene rings is 2. The lowest BCUT2D eigenvalue weighted by Gasteiger charge is -2.25. The first-order chi connectivity index (χ1) is 10.1. The van der Waals surface area contributed by atoms with Crippen LogP contribution < -0.4 is 15.2 Å². The van der Waals surface area contributed by atoms with Crippen molar-refractivity contribution in [1.82, 2.24) is 0 Å². The van der Waals surface area contributed by atoms with Crippen LogP contribution in [0, 0.1) is 0 Å². The third-order valence-electron chi connectivity index (χ3n) is 3.38. The standard InChI is InChI=1S/C17H20ClNO2/c1-3-16(19)17(12-4-6-13(18)7-5-12)21-15-10-8-14(20-2)9-11-15/h4-11,16-17H,3,19H2,1-2H3. The summed E-state index contributed by atoms with van der Waals surface area (Å²) in [6.07, 6.45) is 0.615. The summed E-state index contributed by atoms with van der Waals surface area (Å²) < 4.78 is 11.2. The second-order valence-corrected chi connectivity index (χ2v) is 5.27. The summed E-state index contributed by atoms with van der Waals surface area (Å²) in [6.45, 7) is 2.05. The number of rotatable bonds is 6. The number of hydrogen-bond acceptors (Lipinski definition) is 3. The maximum Gasteiger partial charge on any atom is 0.139 e. The molecule has 0 fully saturated rings. The molecule has 2 aromatic carbocycles. The summed E-state index contributed by atoms with van der Waals surface area (Å²) in [7, 11) is 1.64. The highest BCUT2D eigenvalue weighted by molar-refractivity contribution is 6.30. The minimum atomic E-state index is -0.208. The predicted molar refractivity (Wildman–Crippen MR) is 86.1 cm³/mol. The van der Waals surface area contributed by atoms with Crippen molar-refractivity contribution in [3.05, 3.63) is 59.1 Å². The number of ether oxygens (including phenoxy) is 2. The number of nitrogens with two attached hydrogens (primary N) is 1. The summed E-state index contributed by atoms with van der Waals surface area (Å²) in [5.41, 5.74) is 7.23. The molecule has 2 N–H and O–H groups in total. The van der Waals surface area contributed by atoms with Gasteiger partial charge < -0.3 is 15.2 Å². The molecule has 4 heteroatoms. The van der Waals surface area contributed by atoms with Gasteiger partial charge in [-0.15, -0.1) is 0 Å². The van der Waals surface area contributed by atoms with Crippen LogP contribution in [0.1, 0.15) is 25.0 Å². The van der Waals surface area contributed by atoms with Crippen LogP contribution in [0.15, 0.2) is 48.5 Å². The highest BCUT2D eigenvalue weighted by atomic mass is 35.5. The van der Waals surface area contributed by atoms with E-state index in [1.54, 1.807) is 7.11 Å². The SMILES string of the molecule is CCC(N)C(Oc1ccc(OC)cc1)c1ccc(Cl)cc1. The first kappa shape index (κ1) is 15.7. The minimum absolute atomic E-state index is 0.0896. The average molecular weight is 306 g/mol. The molecule has 0 aliphatic carbocycles. The van der Waals surface area contributed by atoms with E-state index in [1.165, 1.54) is 0 Å². The fourth-order valence-corrected chi connectivity index (χ4v) is 2.20. The van der Waals surface area contributed by atoms with Gasteiger partial charge in [0, 0.05) is 11.1 Å². The maximum atomic E-state index is 6.21. The van der Waals surface area contributed by atoms with Gasteiger partial charge in [0.1, 0.15) is 17.6 Å². The van der Waals surface area contributed by atoms with E-state index in [2.05, 4.69) is 0 Å². The van der Waals surface area contributed by atoms with Crippen LogP contribution in [-0.2, 0) is 0 Å². The zero-order valence-corrected chi connectivity index (χ0v) is 13.0. The summed E-state index contributed by atoms with van der Waals surface area (Å²) in [5.74, 6) is 1.56. The van der Waals surface area contributed by atoms with E-state index in [4.69, 9.17) is 26.8 Å². The molecule has 0 spiro atoms. The molecule has 0 aliphatic rings. The third kappa shape index (κ3) is 4.13. The summed E-state index contributed by atoms with van der Waals surface area (Å²) in [5, 5.41) is 0.701. The van der Waals surface area contributed by atoms with Crippen LogP contribution in [0.5, 0.6) is 11.5 Å². The molecule has 0 bridgehead atoms. The van der Waals surface area contributed by atoms with Gasteiger partial charge in [-0.3, -0.25) is 0 Å². The Labute approximate surface area is 130 Å². The van der Waals surface area contributed by atoms with Gasteiger partial charge in [-0.05, 0) is 48.4 Å². The molecule has 0 aromatic heterocycles. The van der Waals surface area contributed by atoms with E-state index in [0.29, 0.717) is 5.02 Å². The Morgan fingerprint density at radius 3 is 2.10 bits per heavy atom. The van der Waals surface area contributed by atoms with E-state index in [0.717, 1.165) is 23.5 Å². The molecule has 0 radical (unpaired) electrons. The lowest BCUT2D eigenvalue weighted by Crippen LogP contribution is -2.31. The summed E-state index contributed by atoms with van der Waals surface area (Å²) in [4.78, 5) is 0. The molecule has 21 heavy (non-hydrogen) atoms. The van der Waals surface area contributed by atoms with Gasteiger partial charge in [-0.1, -0.05) is 30.7 Å². The Morgan fingerprint density at radius 2 is 1.57 bits per heavy atom. The fraction of sp³-hybridized carbons (Fsp3) is 0.294. The average Bonchev–Trinajstić information content (AvgIpc) is 2.53. The topological polar surface area (TPSA) is 44.5 Å². The third-order valence-corrected chi connectivity index (χ3v) is 3.63. The molecule has 2 rings (SSSR count). The normalized spacial score (nSPS) is 13.5. The number of halogens is 1. The predicted octanol–water partition coefficient (Wildman–Crippen LogP) is 4.21. The Morgan fingerprint density at radius 1 is 1.00 bits per heavy atom. The molecular weight excluding hydrogens is 286 g/mol. The van der Waals surface area contributed by atoms with Crippen molar-refractivity contribution in [2.45, 2.75) is 25.5 Å². The van der Waals surface area contributed by atoms with Crippen molar-refractivity contribution in [1.29, 1.82) is 0 Å². The molecule has 0 saturated carbocycles. The van der Waals surface area contributed by atoms with Gasteiger partial charge in [0.25, 0.3) is 0 Å². The quantitative estimate of drug-likeness (QED) is 0.869. The van der Waals surface area contributed by atoms with Crippen molar-refractivity contribution in [3.8, 4) is 11.5 Å². The Kier molecular flexibility index (Phi) is 5.48. The molecule has 3 nitrogen and oxygen atoms in total. The smallest absolute Gasteiger partial charge is 0.139 e. The Bertz CT molecular complexity index is 554. The summed E-state index contributed by atoms with van der Waals surface area (Å²) >= 11 is 5.94. The highest BCUT2D eigenvalue weighted by Crippen LogP contribution is 2.27. The number of hydrogen-bond donors (Lipinski definition) is 1. The minimum Gasteiger partial charge on any atom is -0.497 e. The lowest BCUT2D eigenvalue weighted by molar-refractivity contribution is 0.171. The summed E-state index contributed by atoms with van der Waals surface area (Å²) in [6, 6.07) is 15.0. The fourth-order valence-electron chi connectivity index (χ4n) is 2.07. The van der Waals surface area contributed by atoms with Crippen LogP contribution in [-0.4, -0.2) is 13.2 Å². The molecule has 0 aliphatic heterocycles. The molecule has 112 valence electrons. The maximum absolute atomic E-state index is 6.21. The molecule has 2 aromatic rings. The van der Waals surface area contributed by atoms with E-state index in [9.17, 15) is 0 Å². The van der Waals surface area contributed by atoms with E-state index < -0.39 is 0 Å². The monoisotopic (exact) mass is 305 g/mol. The zero-order chi connectivity index (χ0) is 15.2. The second kappa shape index (κ2) is 7.34. The van der Waals surface area contributed by atoms with Crippen molar-refractivity contribution < 1.29 is 9.47 Å². The van der Waals surface area contributed by atoms with Gasteiger partial charge in [0.2, 0.25) is 0 Å². The first-order valence-corrected chi connectivity index (χ1v) is 7.33. The van der Waals surface area contributed by atoms with Crippen LogP contribution in [0.2, 0.25) is 5.02 Å². The van der Waals surface area contributed by atoms with Crippen LogP contribution in [0.25, 0.3) is 0 Å². The van der Waals surface area contributed by atoms with Gasteiger partial charge in [-0.25, -0.2) is 0 Å². The molecule has 2 unspecified atom stereocenters. The highest BCUT2D eigenvalue weighted by Gasteiger charge is 2.20. The van der Waals surface area contributed by atoms with Crippen molar-refractivity contribution in [2.75, 3.05) is 7.11 Å². The Balaban J connectivity index is 2.21. The van der Waals surface area contributed by atoms with Crippen LogP contribution in [0.4, 0.5) is 0 Å².